The first-order chi connectivity index (χ1) is 39.7. The Morgan fingerprint density at radius 2 is 0.562 bits per heavy atom. The number of nitrogens with one attached hydrogen (secondary N) is 2. The van der Waals surface area contributed by atoms with Crippen LogP contribution in [-0.2, 0) is 0 Å². The van der Waals surface area contributed by atoms with Gasteiger partial charge in [-0.1, -0.05) is 198 Å². The number of hydrogen-bond acceptors (Lipinski definition) is 4. The summed E-state index contributed by atoms with van der Waals surface area (Å²) in [5, 5.41) is 34.4. The van der Waals surface area contributed by atoms with E-state index >= 15 is 0 Å². The Bertz CT molecular complexity index is 5030. The highest BCUT2D eigenvalue weighted by molar-refractivity contribution is 6.48. The van der Waals surface area contributed by atoms with Crippen molar-refractivity contribution in [2.24, 2.45) is 0 Å². The van der Waals surface area contributed by atoms with Crippen molar-refractivity contribution in [1.29, 1.82) is 0 Å². The topological polar surface area (TPSA) is 42.5 Å². The lowest BCUT2D eigenvalue weighted by Gasteiger charge is -2.22. The zero-order valence-corrected chi connectivity index (χ0v) is 45.1. The highest BCUT2D eigenvalue weighted by Crippen LogP contribution is 2.59. The van der Waals surface area contributed by atoms with Crippen LogP contribution in [0.15, 0.2) is 170 Å². The molecule has 2 aliphatic carbocycles. The summed E-state index contributed by atoms with van der Waals surface area (Å²) in [6.45, 7) is 6.07. The third-order valence-electron chi connectivity index (χ3n) is 19.1. The minimum Gasteiger partial charge on any atom is -0.405 e. The molecule has 0 fully saturated rings. The van der Waals surface area contributed by atoms with Gasteiger partial charge in [-0.3, -0.25) is 0 Å². The highest BCUT2D eigenvalue weighted by Gasteiger charge is 2.31. The SMILES string of the molecule is CCCCCCNOc1cc2cc3c(cc2cc1ONCCCCCC)-c1ccc2c4ccc5c6ccc7c8ccc9c%10c(ccc(c%11ccc(c%12ccc(c%13ccc-3c1c%132)c4c%125)c6c%117)c%108)-c1c-9c2ccccc2c2ccccc12. The molecule has 0 atom stereocenters. The number of benzene rings is 16. The molecule has 0 aromatic heterocycles. The van der Waals surface area contributed by atoms with E-state index in [-0.39, 0.29) is 0 Å². The number of unbranched alkanes of at least 4 members (excludes halogenated alkanes) is 6. The molecule has 0 heterocycles. The van der Waals surface area contributed by atoms with Gasteiger partial charge in [0.05, 0.1) is 0 Å². The van der Waals surface area contributed by atoms with Crippen molar-refractivity contribution in [3.8, 4) is 56.0 Å². The monoisotopic (exact) mass is 1030 g/mol. The number of hydrogen-bond donors (Lipinski definition) is 2. The van der Waals surface area contributed by atoms with Crippen LogP contribution in [0.25, 0.3) is 185 Å². The van der Waals surface area contributed by atoms with Gasteiger partial charge in [0.15, 0.2) is 11.5 Å². The van der Waals surface area contributed by atoms with Crippen LogP contribution < -0.4 is 20.6 Å². The average Bonchev–Trinajstić information content (AvgIpc) is 4.07. The van der Waals surface area contributed by atoms with Crippen LogP contribution in [0.2, 0.25) is 0 Å². The molecular formula is C76H56N2O2. The predicted molar refractivity (Wildman–Crippen MR) is 342 cm³/mol. The van der Waals surface area contributed by atoms with Gasteiger partial charge in [-0.15, -0.1) is 0 Å². The fraction of sp³-hybridized carbons (Fsp3) is 0.158. The third kappa shape index (κ3) is 5.92. The number of fused-ring (bicyclic) bond motifs is 18. The average molecular weight is 1030 g/mol. The van der Waals surface area contributed by atoms with E-state index in [0.29, 0.717) is 11.5 Å². The molecule has 16 aromatic rings. The molecule has 80 heavy (non-hydrogen) atoms. The van der Waals surface area contributed by atoms with E-state index in [1.807, 2.05) is 0 Å². The Balaban J connectivity index is 0.795. The number of hydroxylamine groups is 2. The predicted octanol–water partition coefficient (Wildman–Crippen LogP) is 21.2. The Hall–Kier alpha value is -8.80. The molecule has 0 amide bonds. The van der Waals surface area contributed by atoms with Gasteiger partial charge in [0.25, 0.3) is 0 Å². The minimum absolute atomic E-state index is 0.700. The Morgan fingerprint density at radius 1 is 0.263 bits per heavy atom. The van der Waals surface area contributed by atoms with E-state index in [0.717, 1.165) is 36.7 Å². The van der Waals surface area contributed by atoms with E-state index in [4.69, 9.17) is 9.68 Å². The maximum absolute atomic E-state index is 6.30. The lowest BCUT2D eigenvalue weighted by molar-refractivity contribution is 0.153. The van der Waals surface area contributed by atoms with Gasteiger partial charge in [0, 0.05) is 13.1 Å². The molecule has 0 unspecified atom stereocenters. The molecule has 0 radical (unpaired) electrons. The molecular weight excluding hydrogens is 973 g/mol. The Kier molecular flexibility index (Phi) is 9.51. The summed E-state index contributed by atoms with van der Waals surface area (Å²) < 4.78 is 0. The molecule has 16 aromatic carbocycles. The molecule has 0 saturated carbocycles. The van der Waals surface area contributed by atoms with Crippen molar-refractivity contribution in [3.63, 3.8) is 0 Å². The fourth-order valence-electron chi connectivity index (χ4n) is 15.7. The van der Waals surface area contributed by atoms with E-state index in [2.05, 4.69) is 195 Å². The van der Waals surface area contributed by atoms with E-state index < -0.39 is 0 Å². The quantitative estimate of drug-likeness (QED) is 0.0493. The second-order valence-electron chi connectivity index (χ2n) is 23.3. The zero-order chi connectivity index (χ0) is 52.5. The molecule has 0 aliphatic heterocycles. The summed E-state index contributed by atoms with van der Waals surface area (Å²) in [5.41, 5.74) is 17.1. The summed E-state index contributed by atoms with van der Waals surface area (Å²) in [7, 11) is 0. The van der Waals surface area contributed by atoms with Crippen LogP contribution >= 0.6 is 0 Å². The molecule has 4 heteroatoms. The molecule has 4 nitrogen and oxygen atoms in total. The van der Waals surface area contributed by atoms with Gasteiger partial charge in [-0.2, -0.15) is 11.0 Å². The standard InChI is InChI=1S/C76H56N2O2/c1-3-5-7-13-35-77-79-65-39-41-37-63-59-29-27-55-51-21-19-47-49-23-25-53-57-31-33-61-74-45-17-11-9-15-43(45)44-16-10-12-18-46(44)75(74)62-34-32-58(72(57)76(61)62)54-26-24-50(68(49)70(53)54)48-20-22-52(69(51)67(47)48)56-28-30-60(73(59)71(55)56)64(63)38-42(41)40-66(65)80-78-36-14-8-6-4-2/h9-12,15-34,37-40,77-78H,3-8,13-14,35-36H2,1-2H3. The molecule has 0 saturated heterocycles. The summed E-state index contributed by atoms with van der Waals surface area (Å²) in [5.74, 6) is 1.40. The van der Waals surface area contributed by atoms with Crippen molar-refractivity contribution in [1.82, 2.24) is 11.0 Å². The van der Waals surface area contributed by atoms with Crippen molar-refractivity contribution in [2.45, 2.75) is 65.2 Å². The van der Waals surface area contributed by atoms with Gasteiger partial charge < -0.3 is 9.68 Å². The third-order valence-corrected chi connectivity index (χ3v) is 19.1. The van der Waals surface area contributed by atoms with Crippen LogP contribution in [0, 0.1) is 0 Å². The zero-order valence-electron chi connectivity index (χ0n) is 45.1. The molecule has 2 aliphatic rings. The highest BCUT2D eigenvalue weighted by atomic mass is 16.7. The number of rotatable bonds is 14. The van der Waals surface area contributed by atoms with Crippen molar-refractivity contribution in [3.05, 3.63) is 170 Å². The first-order valence-corrected chi connectivity index (χ1v) is 29.4. The molecule has 0 bridgehead atoms. The summed E-state index contributed by atoms with van der Waals surface area (Å²) in [6, 6.07) is 66.0. The van der Waals surface area contributed by atoms with Gasteiger partial charge in [-0.05, 0) is 222 Å². The largest absolute Gasteiger partial charge is 0.405 e. The van der Waals surface area contributed by atoms with Crippen molar-refractivity contribution < 1.29 is 9.68 Å². The summed E-state index contributed by atoms with van der Waals surface area (Å²) >= 11 is 0. The molecule has 2 N–H and O–H groups in total. The second-order valence-corrected chi connectivity index (χ2v) is 23.3. The maximum Gasteiger partial charge on any atom is 0.192 e. The smallest absolute Gasteiger partial charge is 0.192 e. The summed E-state index contributed by atoms with van der Waals surface area (Å²) in [4.78, 5) is 12.6. The van der Waals surface area contributed by atoms with Crippen LogP contribution in [0.1, 0.15) is 65.2 Å². The van der Waals surface area contributed by atoms with E-state index in [1.165, 1.54) is 212 Å². The normalized spacial score (nSPS) is 13.0. The lowest BCUT2D eigenvalue weighted by Crippen LogP contribution is -2.23. The van der Waals surface area contributed by atoms with Gasteiger partial charge >= 0.3 is 0 Å². The first kappa shape index (κ1) is 45.1. The Labute approximate surface area is 462 Å². The van der Waals surface area contributed by atoms with Gasteiger partial charge in [-0.25, -0.2) is 0 Å². The minimum atomic E-state index is 0.700. The van der Waals surface area contributed by atoms with E-state index in [9.17, 15) is 0 Å². The molecule has 18 rings (SSSR count). The maximum atomic E-state index is 6.30. The molecule has 0 spiro atoms. The lowest BCUT2D eigenvalue weighted by atomic mass is 9.81. The first-order valence-electron chi connectivity index (χ1n) is 29.4. The van der Waals surface area contributed by atoms with Crippen LogP contribution in [0.5, 0.6) is 11.5 Å². The van der Waals surface area contributed by atoms with Gasteiger partial charge in [0.1, 0.15) is 0 Å². The van der Waals surface area contributed by atoms with Crippen molar-refractivity contribution >= 4 is 140 Å². The van der Waals surface area contributed by atoms with Crippen LogP contribution in [0.4, 0.5) is 0 Å². The Morgan fingerprint density at radius 3 is 0.912 bits per heavy atom. The van der Waals surface area contributed by atoms with Crippen molar-refractivity contribution in [2.75, 3.05) is 13.1 Å². The van der Waals surface area contributed by atoms with Crippen LogP contribution in [0.3, 0.4) is 0 Å². The second kappa shape index (κ2) is 16.9. The summed E-state index contributed by atoms with van der Waals surface area (Å²) in [6.07, 6.45) is 9.41. The van der Waals surface area contributed by atoms with Gasteiger partial charge in [0.2, 0.25) is 0 Å². The fourth-order valence-corrected chi connectivity index (χ4v) is 15.7. The van der Waals surface area contributed by atoms with E-state index in [1.54, 1.807) is 0 Å². The molecule has 382 valence electrons. The van der Waals surface area contributed by atoms with Crippen LogP contribution in [-0.4, -0.2) is 13.1 Å².